The molecular formula is C13H12FNO2. The molecule has 1 aromatic heterocycles. The van der Waals surface area contributed by atoms with Gasteiger partial charge in [0.25, 0.3) is 0 Å². The zero-order valence-corrected chi connectivity index (χ0v) is 9.35. The van der Waals surface area contributed by atoms with Crippen LogP contribution in [0.3, 0.4) is 0 Å². The highest BCUT2D eigenvalue weighted by molar-refractivity contribution is 5.65. The van der Waals surface area contributed by atoms with Crippen LogP contribution in [0.4, 0.5) is 4.39 Å². The van der Waals surface area contributed by atoms with Crippen molar-refractivity contribution in [2.75, 3.05) is 7.11 Å². The van der Waals surface area contributed by atoms with Crippen molar-refractivity contribution in [3.8, 4) is 16.9 Å². The second-order valence-corrected chi connectivity index (χ2v) is 3.54. The van der Waals surface area contributed by atoms with Gasteiger partial charge in [0.1, 0.15) is 11.6 Å². The van der Waals surface area contributed by atoms with Crippen LogP contribution in [-0.4, -0.2) is 17.2 Å². The van der Waals surface area contributed by atoms with Gasteiger partial charge in [-0.15, -0.1) is 0 Å². The number of benzene rings is 1. The van der Waals surface area contributed by atoms with Crippen LogP contribution in [0, 0.1) is 5.82 Å². The highest BCUT2D eigenvalue weighted by atomic mass is 19.1. The Kier molecular flexibility index (Phi) is 3.35. The number of hydrogen-bond acceptors (Lipinski definition) is 3. The molecule has 1 N–H and O–H groups in total. The molecule has 1 heterocycles. The van der Waals surface area contributed by atoms with Crippen LogP contribution in [0.1, 0.15) is 5.69 Å². The second-order valence-electron chi connectivity index (χ2n) is 3.54. The minimum absolute atomic E-state index is 0.167. The van der Waals surface area contributed by atoms with Crippen molar-refractivity contribution in [1.29, 1.82) is 0 Å². The second kappa shape index (κ2) is 4.93. The number of hydrogen-bond donors (Lipinski definition) is 1. The Balaban J connectivity index is 2.50. The van der Waals surface area contributed by atoms with Crippen LogP contribution >= 0.6 is 0 Å². The van der Waals surface area contributed by atoms with Gasteiger partial charge in [0.2, 0.25) is 0 Å². The van der Waals surface area contributed by atoms with Crippen LogP contribution in [-0.2, 0) is 6.61 Å². The number of methoxy groups -OCH3 is 1. The van der Waals surface area contributed by atoms with Crippen molar-refractivity contribution in [3.05, 3.63) is 48.0 Å². The lowest BCUT2D eigenvalue weighted by molar-refractivity contribution is 0.277. The van der Waals surface area contributed by atoms with Gasteiger partial charge in [-0.3, -0.25) is 4.98 Å². The molecule has 4 heteroatoms. The van der Waals surface area contributed by atoms with E-state index in [1.54, 1.807) is 30.5 Å². The van der Waals surface area contributed by atoms with Gasteiger partial charge in [0, 0.05) is 11.8 Å². The predicted molar refractivity (Wildman–Crippen MR) is 62.1 cm³/mol. The van der Waals surface area contributed by atoms with Crippen LogP contribution in [0.2, 0.25) is 0 Å². The maximum absolute atomic E-state index is 13.7. The summed E-state index contributed by atoms with van der Waals surface area (Å²) in [6.45, 7) is -0.167. The summed E-state index contributed by atoms with van der Waals surface area (Å²) in [6.07, 6.45) is 1.54. The minimum Gasteiger partial charge on any atom is -0.497 e. The van der Waals surface area contributed by atoms with Gasteiger partial charge in [-0.1, -0.05) is 0 Å². The third kappa shape index (κ3) is 2.42. The van der Waals surface area contributed by atoms with E-state index in [0.717, 1.165) is 0 Å². The Morgan fingerprint density at radius 3 is 2.82 bits per heavy atom. The van der Waals surface area contributed by atoms with Gasteiger partial charge in [-0.2, -0.15) is 0 Å². The first kappa shape index (κ1) is 11.5. The molecule has 0 aliphatic carbocycles. The molecule has 0 fully saturated rings. The first-order valence-electron chi connectivity index (χ1n) is 5.14. The molecule has 0 aliphatic heterocycles. The zero-order valence-electron chi connectivity index (χ0n) is 9.35. The van der Waals surface area contributed by atoms with E-state index in [4.69, 9.17) is 9.84 Å². The first-order chi connectivity index (χ1) is 8.24. The average molecular weight is 233 g/mol. The monoisotopic (exact) mass is 233 g/mol. The molecule has 88 valence electrons. The summed E-state index contributed by atoms with van der Waals surface area (Å²) in [6, 6.07) is 7.88. The van der Waals surface area contributed by atoms with E-state index < -0.39 is 0 Å². The molecule has 0 bridgehead atoms. The zero-order chi connectivity index (χ0) is 12.3. The number of ether oxygens (including phenoxy) is 1. The molecule has 0 spiro atoms. The minimum atomic E-state index is -0.333. The van der Waals surface area contributed by atoms with Crippen molar-refractivity contribution in [3.63, 3.8) is 0 Å². The van der Waals surface area contributed by atoms with Crippen molar-refractivity contribution < 1.29 is 14.2 Å². The third-order valence-corrected chi connectivity index (χ3v) is 2.46. The summed E-state index contributed by atoms with van der Waals surface area (Å²) in [7, 11) is 1.53. The quantitative estimate of drug-likeness (QED) is 0.885. The summed E-state index contributed by atoms with van der Waals surface area (Å²) in [5.41, 5.74) is 1.60. The molecule has 0 amide bonds. The molecule has 0 unspecified atom stereocenters. The Morgan fingerprint density at radius 2 is 2.12 bits per heavy atom. The number of aliphatic hydroxyl groups excluding tert-OH is 1. The summed E-state index contributed by atoms with van der Waals surface area (Å²) < 4.78 is 18.7. The lowest BCUT2D eigenvalue weighted by Gasteiger charge is -2.07. The Bertz CT molecular complexity index is 529. The highest BCUT2D eigenvalue weighted by Gasteiger charge is 2.07. The fourth-order valence-corrected chi connectivity index (χ4v) is 1.58. The molecule has 3 nitrogen and oxygen atoms in total. The fourth-order valence-electron chi connectivity index (χ4n) is 1.58. The van der Waals surface area contributed by atoms with Gasteiger partial charge in [0.15, 0.2) is 0 Å². The summed E-state index contributed by atoms with van der Waals surface area (Å²) >= 11 is 0. The lowest BCUT2D eigenvalue weighted by Crippen LogP contribution is -1.92. The van der Waals surface area contributed by atoms with Crippen molar-refractivity contribution in [2.24, 2.45) is 0 Å². The van der Waals surface area contributed by atoms with Gasteiger partial charge >= 0.3 is 0 Å². The third-order valence-electron chi connectivity index (χ3n) is 2.46. The molecule has 0 aliphatic rings. The maximum atomic E-state index is 13.7. The summed E-state index contributed by atoms with van der Waals surface area (Å²) in [5.74, 6) is 0.254. The lowest BCUT2D eigenvalue weighted by atomic mass is 10.1. The molecule has 0 saturated heterocycles. The van der Waals surface area contributed by atoms with Gasteiger partial charge < -0.3 is 9.84 Å². The standard InChI is InChI=1S/C13H12FNO2/c1-17-11-2-3-13(14)12(7-11)9-4-5-15-10(6-9)8-16/h2-7,16H,8H2,1H3. The first-order valence-corrected chi connectivity index (χ1v) is 5.14. The Labute approximate surface area is 98.5 Å². The van der Waals surface area contributed by atoms with E-state index in [1.807, 2.05) is 0 Å². The maximum Gasteiger partial charge on any atom is 0.131 e. The number of pyridine rings is 1. The molecule has 0 saturated carbocycles. The summed E-state index contributed by atoms with van der Waals surface area (Å²) in [4.78, 5) is 3.95. The largest absolute Gasteiger partial charge is 0.497 e. The molecule has 17 heavy (non-hydrogen) atoms. The number of nitrogens with zero attached hydrogens (tertiary/aromatic N) is 1. The highest BCUT2D eigenvalue weighted by Crippen LogP contribution is 2.27. The number of rotatable bonds is 3. The molecular weight excluding hydrogens is 221 g/mol. The van der Waals surface area contributed by atoms with Crippen LogP contribution in [0.25, 0.3) is 11.1 Å². The van der Waals surface area contributed by atoms with Crippen molar-refractivity contribution >= 4 is 0 Å². The van der Waals surface area contributed by atoms with Crippen LogP contribution in [0.5, 0.6) is 5.75 Å². The molecule has 1 aromatic carbocycles. The smallest absolute Gasteiger partial charge is 0.131 e. The van der Waals surface area contributed by atoms with E-state index in [2.05, 4.69) is 4.98 Å². The van der Waals surface area contributed by atoms with Crippen LogP contribution < -0.4 is 4.74 Å². The van der Waals surface area contributed by atoms with E-state index in [0.29, 0.717) is 22.6 Å². The molecule has 0 radical (unpaired) electrons. The van der Waals surface area contributed by atoms with Crippen molar-refractivity contribution in [2.45, 2.75) is 6.61 Å². The van der Waals surface area contributed by atoms with E-state index in [-0.39, 0.29) is 12.4 Å². The number of halogens is 1. The van der Waals surface area contributed by atoms with Gasteiger partial charge in [-0.05, 0) is 35.9 Å². The van der Waals surface area contributed by atoms with E-state index in [9.17, 15) is 4.39 Å². The average Bonchev–Trinajstić information content (AvgIpc) is 2.39. The molecule has 2 rings (SSSR count). The SMILES string of the molecule is COc1ccc(F)c(-c2ccnc(CO)c2)c1. The van der Waals surface area contributed by atoms with Gasteiger partial charge in [-0.25, -0.2) is 4.39 Å². The molecule has 0 atom stereocenters. The Hall–Kier alpha value is -1.94. The van der Waals surface area contributed by atoms with Crippen molar-refractivity contribution in [1.82, 2.24) is 4.98 Å². The van der Waals surface area contributed by atoms with Gasteiger partial charge in [0.05, 0.1) is 19.4 Å². The number of aromatic nitrogens is 1. The van der Waals surface area contributed by atoms with E-state index >= 15 is 0 Å². The number of aliphatic hydroxyl groups is 1. The Morgan fingerprint density at radius 1 is 1.29 bits per heavy atom. The topological polar surface area (TPSA) is 42.4 Å². The fraction of sp³-hybridized carbons (Fsp3) is 0.154. The van der Waals surface area contributed by atoms with Crippen LogP contribution in [0.15, 0.2) is 36.5 Å². The normalized spacial score (nSPS) is 10.3. The molecule has 2 aromatic rings. The summed E-state index contributed by atoms with van der Waals surface area (Å²) in [5, 5.41) is 9.00. The van der Waals surface area contributed by atoms with E-state index in [1.165, 1.54) is 13.2 Å². The predicted octanol–water partition coefficient (Wildman–Crippen LogP) is 2.39.